The molecule has 0 bridgehead atoms. The molecule has 17 heavy (non-hydrogen) atoms. The largest absolute Gasteiger partial charge is 0.313 e. The molecule has 3 unspecified atom stereocenters. The van der Waals surface area contributed by atoms with Crippen LogP contribution >= 0.6 is 0 Å². The maximum absolute atomic E-state index is 3.72. The maximum Gasteiger partial charge on any atom is 0.00684 e. The Labute approximate surface area is 107 Å². The van der Waals surface area contributed by atoms with Gasteiger partial charge in [0.2, 0.25) is 0 Å². The first kappa shape index (κ1) is 13.4. The van der Waals surface area contributed by atoms with Gasteiger partial charge < -0.3 is 10.2 Å². The molecule has 0 aromatic heterocycles. The van der Waals surface area contributed by atoms with Crippen molar-refractivity contribution in [3.05, 3.63) is 0 Å². The lowest BCUT2D eigenvalue weighted by atomic mass is 9.86. The lowest BCUT2D eigenvalue weighted by Gasteiger charge is -2.33. The van der Waals surface area contributed by atoms with Crippen LogP contribution in [0.5, 0.6) is 0 Å². The Balaban J connectivity index is 1.80. The molecule has 1 saturated heterocycles. The van der Waals surface area contributed by atoms with Crippen molar-refractivity contribution in [2.45, 2.75) is 53.0 Å². The van der Waals surface area contributed by atoms with Crippen molar-refractivity contribution in [1.82, 2.24) is 10.2 Å². The Morgan fingerprint density at radius 1 is 1.18 bits per heavy atom. The van der Waals surface area contributed by atoms with E-state index in [1.807, 2.05) is 0 Å². The zero-order valence-corrected chi connectivity index (χ0v) is 12.1. The molecule has 0 aromatic carbocycles. The zero-order chi connectivity index (χ0) is 12.5. The summed E-state index contributed by atoms with van der Waals surface area (Å²) in [5, 5.41) is 3.72. The van der Waals surface area contributed by atoms with E-state index in [-0.39, 0.29) is 0 Å². The van der Waals surface area contributed by atoms with E-state index in [4.69, 9.17) is 0 Å². The Kier molecular flexibility index (Phi) is 4.14. The van der Waals surface area contributed by atoms with Crippen molar-refractivity contribution >= 4 is 0 Å². The van der Waals surface area contributed by atoms with Crippen LogP contribution in [0.15, 0.2) is 0 Å². The van der Waals surface area contributed by atoms with Crippen LogP contribution in [-0.4, -0.2) is 37.1 Å². The van der Waals surface area contributed by atoms with Gasteiger partial charge in [-0.15, -0.1) is 0 Å². The van der Waals surface area contributed by atoms with Crippen molar-refractivity contribution in [2.24, 2.45) is 17.3 Å². The molecule has 1 aliphatic heterocycles. The highest BCUT2D eigenvalue weighted by Crippen LogP contribution is 2.29. The number of nitrogens with zero attached hydrogens (tertiary/aromatic N) is 1. The molecule has 2 fully saturated rings. The van der Waals surface area contributed by atoms with E-state index in [0.29, 0.717) is 5.41 Å². The van der Waals surface area contributed by atoms with Crippen LogP contribution in [0.3, 0.4) is 0 Å². The highest BCUT2D eigenvalue weighted by atomic mass is 15.2. The predicted octanol–water partition coefficient (Wildman–Crippen LogP) is 2.74. The van der Waals surface area contributed by atoms with Crippen LogP contribution < -0.4 is 5.32 Å². The molecule has 100 valence electrons. The lowest BCUT2D eigenvalue weighted by molar-refractivity contribution is 0.174. The van der Waals surface area contributed by atoms with E-state index < -0.39 is 0 Å². The van der Waals surface area contributed by atoms with Crippen molar-refractivity contribution in [2.75, 3.05) is 26.2 Å². The Hall–Kier alpha value is -0.0800. The molecule has 2 nitrogen and oxygen atoms in total. The third kappa shape index (κ3) is 3.69. The van der Waals surface area contributed by atoms with Gasteiger partial charge in [-0.1, -0.05) is 27.7 Å². The minimum Gasteiger partial charge on any atom is -0.313 e. The van der Waals surface area contributed by atoms with Gasteiger partial charge in [-0.05, 0) is 36.5 Å². The van der Waals surface area contributed by atoms with Crippen LogP contribution in [0, 0.1) is 17.3 Å². The van der Waals surface area contributed by atoms with Crippen molar-refractivity contribution < 1.29 is 0 Å². The van der Waals surface area contributed by atoms with Gasteiger partial charge in [-0.3, -0.25) is 0 Å². The average molecular weight is 238 g/mol. The average Bonchev–Trinajstić information content (AvgIpc) is 3.05. The van der Waals surface area contributed by atoms with Crippen LogP contribution in [-0.2, 0) is 0 Å². The monoisotopic (exact) mass is 238 g/mol. The Morgan fingerprint density at radius 2 is 1.76 bits per heavy atom. The normalized spacial score (nSPS) is 33.9. The summed E-state index contributed by atoms with van der Waals surface area (Å²) in [7, 11) is 0. The third-order valence-corrected chi connectivity index (χ3v) is 4.92. The fourth-order valence-corrected chi connectivity index (χ4v) is 2.89. The summed E-state index contributed by atoms with van der Waals surface area (Å²) in [5.74, 6) is 1.76. The molecular formula is C15H30N2. The number of nitrogens with one attached hydrogen (secondary N) is 1. The van der Waals surface area contributed by atoms with Gasteiger partial charge in [-0.25, -0.2) is 0 Å². The van der Waals surface area contributed by atoms with Crippen molar-refractivity contribution in [3.8, 4) is 0 Å². The second-order valence-corrected chi connectivity index (χ2v) is 6.97. The molecule has 3 atom stereocenters. The number of rotatable bonds is 6. The quantitative estimate of drug-likeness (QED) is 0.765. The van der Waals surface area contributed by atoms with Gasteiger partial charge in [0, 0.05) is 32.2 Å². The number of likely N-dealkylation sites (tertiary alicyclic amines) is 1. The molecule has 0 spiro atoms. The molecule has 1 saturated carbocycles. The summed E-state index contributed by atoms with van der Waals surface area (Å²) in [6.45, 7) is 14.7. The Morgan fingerprint density at radius 3 is 2.24 bits per heavy atom. The summed E-state index contributed by atoms with van der Waals surface area (Å²) >= 11 is 0. The minimum atomic E-state index is 0.465. The predicted molar refractivity (Wildman–Crippen MR) is 74.2 cm³/mol. The van der Waals surface area contributed by atoms with Crippen LogP contribution in [0.2, 0.25) is 0 Å². The molecule has 1 aliphatic carbocycles. The summed E-state index contributed by atoms with van der Waals surface area (Å²) < 4.78 is 0. The summed E-state index contributed by atoms with van der Waals surface area (Å²) in [6.07, 6.45) is 4.08. The summed E-state index contributed by atoms with van der Waals surface area (Å²) in [5.41, 5.74) is 0.465. The van der Waals surface area contributed by atoms with E-state index in [2.05, 4.69) is 37.9 Å². The second-order valence-electron chi connectivity index (χ2n) is 6.97. The van der Waals surface area contributed by atoms with E-state index in [0.717, 1.165) is 17.9 Å². The highest BCUT2D eigenvalue weighted by molar-refractivity contribution is 4.89. The molecule has 2 aliphatic rings. The molecule has 2 rings (SSSR count). The van der Waals surface area contributed by atoms with Gasteiger partial charge >= 0.3 is 0 Å². The fourth-order valence-electron chi connectivity index (χ4n) is 2.89. The molecule has 0 amide bonds. The van der Waals surface area contributed by atoms with Gasteiger partial charge in [0.25, 0.3) is 0 Å². The van der Waals surface area contributed by atoms with Crippen LogP contribution in [0.4, 0.5) is 0 Å². The van der Waals surface area contributed by atoms with Crippen LogP contribution in [0.25, 0.3) is 0 Å². The number of hydrogen-bond donors (Lipinski definition) is 1. The standard InChI is InChI=1S/C15H30N2/c1-5-15(4,10-16-14-6-7-14)11-17-8-12(2)13(3)9-17/h12-14,16H,5-11H2,1-4H3. The van der Waals surface area contributed by atoms with Crippen LogP contribution in [0.1, 0.15) is 47.0 Å². The molecule has 1 N–H and O–H groups in total. The second kappa shape index (κ2) is 5.27. The van der Waals surface area contributed by atoms with Gasteiger partial charge in [0.1, 0.15) is 0 Å². The molecule has 2 heteroatoms. The van der Waals surface area contributed by atoms with E-state index in [9.17, 15) is 0 Å². The fraction of sp³-hybridized carbons (Fsp3) is 1.00. The maximum atomic E-state index is 3.72. The lowest BCUT2D eigenvalue weighted by Crippen LogP contribution is -2.42. The van der Waals surface area contributed by atoms with Gasteiger partial charge in [-0.2, -0.15) is 0 Å². The Bertz CT molecular complexity index is 239. The first-order valence-corrected chi connectivity index (χ1v) is 7.48. The highest BCUT2D eigenvalue weighted by Gasteiger charge is 2.33. The van der Waals surface area contributed by atoms with E-state index >= 15 is 0 Å². The van der Waals surface area contributed by atoms with Crippen molar-refractivity contribution in [1.29, 1.82) is 0 Å². The topological polar surface area (TPSA) is 15.3 Å². The molecular weight excluding hydrogens is 208 g/mol. The summed E-state index contributed by atoms with van der Waals surface area (Å²) in [6, 6.07) is 0.845. The molecule has 0 radical (unpaired) electrons. The van der Waals surface area contributed by atoms with Gasteiger partial charge in [0.15, 0.2) is 0 Å². The minimum absolute atomic E-state index is 0.465. The first-order valence-electron chi connectivity index (χ1n) is 7.48. The smallest absolute Gasteiger partial charge is 0.00684 e. The van der Waals surface area contributed by atoms with E-state index in [1.54, 1.807) is 0 Å². The molecule has 0 aromatic rings. The van der Waals surface area contributed by atoms with Crippen molar-refractivity contribution in [3.63, 3.8) is 0 Å². The zero-order valence-electron chi connectivity index (χ0n) is 12.1. The number of hydrogen-bond acceptors (Lipinski definition) is 2. The summed E-state index contributed by atoms with van der Waals surface area (Å²) in [4.78, 5) is 2.69. The third-order valence-electron chi connectivity index (χ3n) is 4.92. The van der Waals surface area contributed by atoms with Gasteiger partial charge in [0.05, 0.1) is 0 Å². The SMILES string of the molecule is CCC(C)(CNC1CC1)CN1CC(C)C(C)C1. The van der Waals surface area contributed by atoms with E-state index in [1.165, 1.54) is 45.4 Å². The molecule has 1 heterocycles. The first-order chi connectivity index (χ1) is 8.02.